The molecule has 21 heavy (non-hydrogen) atoms. The molecule has 0 saturated heterocycles. The molecule has 6 heteroatoms. The smallest absolute Gasteiger partial charge is 0.342 e. The van der Waals surface area contributed by atoms with Crippen molar-refractivity contribution in [1.29, 1.82) is 0 Å². The Morgan fingerprint density at radius 3 is 2.19 bits per heavy atom. The third kappa shape index (κ3) is 3.36. The van der Waals surface area contributed by atoms with Gasteiger partial charge in [-0.3, -0.25) is 10.1 Å². The average molecular weight is 283 g/mol. The molecule has 0 spiro atoms. The summed E-state index contributed by atoms with van der Waals surface area (Å²) >= 11 is 0. The van der Waals surface area contributed by atoms with Gasteiger partial charge in [0.05, 0.1) is 4.92 Å². The number of carbonyl (C=O) groups is 1. The Hall–Kier alpha value is -3.33. The number of nitro benzene ring substituents is 1. The summed E-state index contributed by atoms with van der Waals surface area (Å²) in [4.78, 5) is 21.0. The first-order valence-corrected chi connectivity index (χ1v) is 5.80. The minimum atomic E-state index is -1.38. The highest BCUT2D eigenvalue weighted by atomic mass is 16.6. The van der Waals surface area contributed by atoms with Gasteiger partial charge in [-0.1, -0.05) is 11.8 Å². The minimum absolute atomic E-state index is 0.115. The number of aromatic carboxylic acids is 1. The van der Waals surface area contributed by atoms with E-state index in [1.165, 1.54) is 18.2 Å². The highest BCUT2D eigenvalue weighted by Gasteiger charge is 2.19. The van der Waals surface area contributed by atoms with Crippen LogP contribution >= 0.6 is 0 Å². The zero-order valence-corrected chi connectivity index (χ0v) is 10.6. The molecule has 0 heterocycles. The molecule has 0 fully saturated rings. The van der Waals surface area contributed by atoms with E-state index in [4.69, 9.17) is 10.2 Å². The topological polar surface area (TPSA) is 101 Å². The molecule has 2 aromatic carbocycles. The lowest BCUT2D eigenvalue weighted by atomic mass is 10.1. The van der Waals surface area contributed by atoms with Crippen LogP contribution < -0.4 is 0 Å². The summed E-state index contributed by atoms with van der Waals surface area (Å²) in [5.41, 5.74) is 0.101. The number of phenols is 1. The van der Waals surface area contributed by atoms with Crippen LogP contribution in [0.5, 0.6) is 5.75 Å². The second-order valence-corrected chi connectivity index (χ2v) is 4.09. The molecule has 0 amide bonds. The molecular formula is C15H9NO5. The fourth-order valence-corrected chi connectivity index (χ4v) is 1.63. The Balaban J connectivity index is 2.38. The molecule has 0 unspecified atom stereocenters. The number of phenolic OH excluding ortho intramolecular Hbond substituents is 1. The van der Waals surface area contributed by atoms with Crippen LogP contribution in [0.4, 0.5) is 5.69 Å². The van der Waals surface area contributed by atoms with E-state index in [2.05, 4.69) is 11.8 Å². The Labute approximate surface area is 119 Å². The summed E-state index contributed by atoms with van der Waals surface area (Å²) in [6.07, 6.45) is 0. The van der Waals surface area contributed by atoms with Crippen molar-refractivity contribution in [3.8, 4) is 17.6 Å². The molecule has 0 saturated carbocycles. The monoisotopic (exact) mass is 283 g/mol. The Bertz CT molecular complexity index is 769. The maximum atomic E-state index is 11.0. The number of hydrogen-bond donors (Lipinski definition) is 2. The number of rotatable bonds is 2. The third-order valence-electron chi connectivity index (χ3n) is 2.64. The Kier molecular flexibility index (Phi) is 3.86. The van der Waals surface area contributed by atoms with Crippen molar-refractivity contribution < 1.29 is 19.9 Å². The van der Waals surface area contributed by atoms with Gasteiger partial charge in [-0.25, -0.2) is 4.79 Å². The van der Waals surface area contributed by atoms with Gasteiger partial charge in [0.1, 0.15) is 11.3 Å². The lowest BCUT2D eigenvalue weighted by Crippen LogP contribution is -2.02. The fraction of sp³-hybridized carbons (Fsp3) is 0. The van der Waals surface area contributed by atoms with Gasteiger partial charge in [-0.2, -0.15) is 0 Å². The number of carboxylic acid groups (broad SMARTS) is 1. The van der Waals surface area contributed by atoms with Gasteiger partial charge >= 0.3 is 5.97 Å². The van der Waals surface area contributed by atoms with Crippen molar-refractivity contribution in [3.63, 3.8) is 0 Å². The van der Waals surface area contributed by atoms with Gasteiger partial charge in [0, 0.05) is 17.2 Å². The maximum Gasteiger partial charge on any atom is 0.342 e. The maximum absolute atomic E-state index is 11.0. The summed E-state index contributed by atoms with van der Waals surface area (Å²) in [6.45, 7) is 0. The van der Waals surface area contributed by atoms with Crippen LogP contribution in [0.2, 0.25) is 0 Å². The van der Waals surface area contributed by atoms with Crippen molar-refractivity contribution in [2.24, 2.45) is 0 Å². The molecule has 2 aromatic rings. The van der Waals surface area contributed by atoms with Gasteiger partial charge in [0.2, 0.25) is 0 Å². The summed E-state index contributed by atoms with van der Waals surface area (Å²) in [6, 6.07) is 9.82. The van der Waals surface area contributed by atoms with Crippen LogP contribution in [-0.2, 0) is 0 Å². The van der Waals surface area contributed by atoms with E-state index >= 15 is 0 Å². The number of carboxylic acids is 1. The fourth-order valence-electron chi connectivity index (χ4n) is 1.63. The Morgan fingerprint density at radius 1 is 1.05 bits per heavy atom. The molecule has 0 aliphatic heterocycles. The number of nitro groups is 1. The normalized spacial score (nSPS) is 9.52. The van der Waals surface area contributed by atoms with E-state index in [-0.39, 0.29) is 5.75 Å². The van der Waals surface area contributed by atoms with E-state index in [1.54, 1.807) is 12.1 Å². The molecule has 0 aliphatic carbocycles. The van der Waals surface area contributed by atoms with Crippen LogP contribution in [0.3, 0.4) is 0 Å². The number of hydrogen-bond acceptors (Lipinski definition) is 4. The number of benzene rings is 2. The highest BCUT2D eigenvalue weighted by molar-refractivity contribution is 5.92. The van der Waals surface area contributed by atoms with Crippen LogP contribution in [-0.4, -0.2) is 21.1 Å². The third-order valence-corrected chi connectivity index (χ3v) is 2.64. The average Bonchev–Trinajstić information content (AvgIpc) is 2.46. The minimum Gasteiger partial charge on any atom is -0.508 e. The first-order valence-electron chi connectivity index (χ1n) is 5.80. The standard InChI is InChI=1S/C15H9NO5/c17-12-6-3-10(4-7-12)1-2-11-5-8-14(16(20)21)13(9-11)15(18)19/h3-9,17H,(H,18,19). The Morgan fingerprint density at radius 2 is 1.62 bits per heavy atom. The highest BCUT2D eigenvalue weighted by Crippen LogP contribution is 2.19. The summed E-state index contributed by atoms with van der Waals surface area (Å²) in [5.74, 6) is 4.24. The van der Waals surface area contributed by atoms with Crippen LogP contribution in [0.25, 0.3) is 0 Å². The van der Waals surface area contributed by atoms with Gasteiger partial charge in [-0.15, -0.1) is 0 Å². The zero-order valence-electron chi connectivity index (χ0n) is 10.6. The van der Waals surface area contributed by atoms with Crippen molar-refractivity contribution in [2.75, 3.05) is 0 Å². The van der Waals surface area contributed by atoms with Gasteiger partial charge < -0.3 is 10.2 Å². The SMILES string of the molecule is O=C(O)c1cc(C#Cc2ccc(O)cc2)ccc1[N+](=O)[O-]. The lowest BCUT2D eigenvalue weighted by Gasteiger charge is -1.98. The molecular weight excluding hydrogens is 274 g/mol. The van der Waals surface area contributed by atoms with Crippen LogP contribution in [0.1, 0.15) is 21.5 Å². The quantitative estimate of drug-likeness (QED) is 0.500. The number of nitrogens with zero attached hydrogens (tertiary/aromatic N) is 1. The molecule has 0 aromatic heterocycles. The molecule has 104 valence electrons. The van der Waals surface area contributed by atoms with E-state index in [0.29, 0.717) is 11.1 Å². The lowest BCUT2D eigenvalue weighted by molar-refractivity contribution is -0.385. The van der Waals surface area contributed by atoms with Crippen LogP contribution in [0, 0.1) is 22.0 Å². The molecule has 2 rings (SSSR count). The summed E-state index contributed by atoms with van der Waals surface area (Å²) in [5, 5.41) is 28.9. The van der Waals surface area contributed by atoms with Crippen molar-refractivity contribution in [3.05, 3.63) is 69.3 Å². The van der Waals surface area contributed by atoms with Crippen molar-refractivity contribution >= 4 is 11.7 Å². The van der Waals surface area contributed by atoms with E-state index in [9.17, 15) is 14.9 Å². The second kappa shape index (κ2) is 5.75. The van der Waals surface area contributed by atoms with Crippen molar-refractivity contribution in [1.82, 2.24) is 0 Å². The van der Waals surface area contributed by atoms with Gasteiger partial charge in [0.25, 0.3) is 5.69 Å². The number of aromatic hydroxyl groups is 1. The molecule has 2 N–H and O–H groups in total. The van der Waals surface area contributed by atoms with E-state index in [0.717, 1.165) is 12.1 Å². The van der Waals surface area contributed by atoms with Gasteiger partial charge in [0.15, 0.2) is 0 Å². The van der Waals surface area contributed by atoms with Crippen LogP contribution in [0.15, 0.2) is 42.5 Å². The predicted octanol–water partition coefficient (Wildman–Crippen LogP) is 2.40. The van der Waals surface area contributed by atoms with Crippen molar-refractivity contribution in [2.45, 2.75) is 0 Å². The molecule has 6 nitrogen and oxygen atoms in total. The molecule has 0 radical (unpaired) electrons. The predicted molar refractivity (Wildman–Crippen MR) is 74.1 cm³/mol. The zero-order chi connectivity index (χ0) is 15.4. The summed E-state index contributed by atoms with van der Waals surface area (Å²) < 4.78 is 0. The molecule has 0 aliphatic rings. The first-order chi connectivity index (χ1) is 9.97. The van der Waals surface area contributed by atoms with E-state index in [1.807, 2.05) is 0 Å². The first kappa shape index (κ1) is 14.1. The molecule has 0 atom stereocenters. The van der Waals surface area contributed by atoms with E-state index < -0.39 is 22.1 Å². The van der Waals surface area contributed by atoms with Gasteiger partial charge in [-0.05, 0) is 36.4 Å². The summed E-state index contributed by atoms with van der Waals surface area (Å²) in [7, 11) is 0. The second-order valence-electron chi connectivity index (χ2n) is 4.09. The molecule has 0 bridgehead atoms. The largest absolute Gasteiger partial charge is 0.508 e.